The molecule has 0 atom stereocenters. The number of carbonyl (C=O) groups excluding carboxylic acids is 1. The van der Waals surface area contributed by atoms with Gasteiger partial charge in [-0.2, -0.15) is 0 Å². The summed E-state index contributed by atoms with van der Waals surface area (Å²) < 4.78 is 26.1. The lowest BCUT2D eigenvalue weighted by molar-refractivity contribution is 0.105. The molecule has 2 N–H and O–H groups in total. The topological polar surface area (TPSA) is 102 Å². The van der Waals surface area contributed by atoms with Crippen molar-refractivity contribution in [2.45, 2.75) is 0 Å². The van der Waals surface area contributed by atoms with Crippen molar-refractivity contribution in [3.8, 4) is 17.2 Å². The van der Waals surface area contributed by atoms with Crippen LogP contribution in [0.1, 0.15) is 15.2 Å². The molecule has 0 fully saturated rings. The smallest absolute Gasteiger partial charge is 0.496 e. The SMILES string of the molecule is C=C(C(=O)c1c(OC)cc(OC)cc1OP(=O)(O)O)c1cccs1. The van der Waals surface area contributed by atoms with Gasteiger partial charge < -0.3 is 14.0 Å². The van der Waals surface area contributed by atoms with Crippen LogP contribution in [-0.2, 0) is 4.57 Å². The summed E-state index contributed by atoms with van der Waals surface area (Å²) >= 11 is 1.31. The summed E-state index contributed by atoms with van der Waals surface area (Å²) in [6, 6.07) is 6.10. The summed E-state index contributed by atoms with van der Waals surface area (Å²) in [5, 5.41) is 1.78. The Kier molecular flexibility index (Phi) is 5.46. The van der Waals surface area contributed by atoms with Gasteiger partial charge in [0.1, 0.15) is 22.8 Å². The first-order valence-electron chi connectivity index (χ1n) is 6.55. The Bertz CT molecular complexity index is 807. The van der Waals surface area contributed by atoms with Gasteiger partial charge in [-0.25, -0.2) is 4.57 Å². The molecule has 0 aliphatic carbocycles. The number of benzene rings is 1. The monoisotopic (exact) mass is 370 g/mol. The molecule has 1 aromatic carbocycles. The molecule has 0 radical (unpaired) electrons. The fourth-order valence-electron chi connectivity index (χ4n) is 1.98. The Labute approximate surface area is 142 Å². The van der Waals surface area contributed by atoms with Gasteiger partial charge in [-0.15, -0.1) is 11.3 Å². The third kappa shape index (κ3) is 4.04. The van der Waals surface area contributed by atoms with Crippen LogP contribution in [0.5, 0.6) is 17.2 Å². The predicted octanol–water partition coefficient (Wildman–Crippen LogP) is 3.13. The van der Waals surface area contributed by atoms with Crippen molar-refractivity contribution >= 4 is 30.5 Å². The van der Waals surface area contributed by atoms with Gasteiger partial charge in [0.15, 0.2) is 0 Å². The van der Waals surface area contributed by atoms with E-state index in [0.29, 0.717) is 4.88 Å². The van der Waals surface area contributed by atoms with Gasteiger partial charge in [-0.1, -0.05) is 12.6 Å². The van der Waals surface area contributed by atoms with E-state index in [2.05, 4.69) is 11.1 Å². The second kappa shape index (κ2) is 7.19. The fourth-order valence-corrected chi connectivity index (χ4v) is 3.08. The molecule has 1 aromatic heterocycles. The summed E-state index contributed by atoms with van der Waals surface area (Å²) in [7, 11) is -2.21. The van der Waals surface area contributed by atoms with Gasteiger partial charge in [0.2, 0.25) is 5.78 Å². The van der Waals surface area contributed by atoms with Gasteiger partial charge in [0.05, 0.1) is 14.2 Å². The van der Waals surface area contributed by atoms with Crippen LogP contribution in [0.2, 0.25) is 0 Å². The van der Waals surface area contributed by atoms with Crippen LogP contribution in [0.25, 0.3) is 5.57 Å². The highest BCUT2D eigenvalue weighted by Crippen LogP contribution is 2.44. The number of thiophene rings is 1. The van der Waals surface area contributed by atoms with Gasteiger partial charge in [-0.3, -0.25) is 14.6 Å². The molecule has 0 aliphatic rings. The van der Waals surface area contributed by atoms with Crippen molar-refractivity contribution < 1.29 is 33.1 Å². The molecule has 128 valence electrons. The Morgan fingerprint density at radius 3 is 2.38 bits per heavy atom. The maximum atomic E-state index is 12.8. The van der Waals surface area contributed by atoms with Crippen LogP contribution in [-0.4, -0.2) is 29.8 Å². The van der Waals surface area contributed by atoms with Crippen LogP contribution < -0.4 is 14.0 Å². The number of hydrogen-bond acceptors (Lipinski definition) is 6. The molecule has 0 amide bonds. The van der Waals surface area contributed by atoms with E-state index in [1.54, 1.807) is 17.5 Å². The van der Waals surface area contributed by atoms with E-state index in [1.807, 2.05) is 0 Å². The Balaban J connectivity index is 2.59. The highest BCUT2D eigenvalue weighted by Gasteiger charge is 2.28. The maximum Gasteiger partial charge on any atom is 0.524 e. The summed E-state index contributed by atoms with van der Waals surface area (Å²) in [5.74, 6) is -0.642. The highest BCUT2D eigenvalue weighted by atomic mass is 32.1. The molecule has 9 heteroatoms. The molecule has 7 nitrogen and oxygen atoms in total. The second-order valence-corrected chi connectivity index (χ2v) is 6.68. The van der Waals surface area contributed by atoms with E-state index in [9.17, 15) is 9.36 Å². The molecular weight excluding hydrogens is 355 g/mol. The minimum atomic E-state index is -4.90. The third-order valence-corrected chi connectivity index (χ3v) is 4.40. The van der Waals surface area contributed by atoms with Crippen molar-refractivity contribution in [1.29, 1.82) is 0 Å². The van der Waals surface area contributed by atoms with Crippen LogP contribution >= 0.6 is 19.2 Å². The summed E-state index contributed by atoms with van der Waals surface area (Å²) in [6.07, 6.45) is 0. The minimum Gasteiger partial charge on any atom is -0.496 e. The van der Waals surface area contributed by atoms with Gasteiger partial charge in [0.25, 0.3) is 0 Å². The molecule has 0 unspecified atom stereocenters. The van der Waals surface area contributed by atoms with E-state index in [-0.39, 0.29) is 28.4 Å². The molecule has 1 heterocycles. The lowest BCUT2D eigenvalue weighted by Crippen LogP contribution is -2.07. The van der Waals surface area contributed by atoms with Crippen molar-refractivity contribution in [3.63, 3.8) is 0 Å². The molecule has 0 saturated carbocycles. The zero-order valence-corrected chi connectivity index (χ0v) is 14.6. The van der Waals surface area contributed by atoms with Crippen LogP contribution in [0.15, 0.2) is 36.2 Å². The number of phosphoric acid groups is 1. The second-order valence-electron chi connectivity index (χ2n) is 4.57. The normalized spacial score (nSPS) is 11.0. The van der Waals surface area contributed by atoms with Crippen LogP contribution in [0, 0.1) is 0 Å². The molecule has 0 bridgehead atoms. The summed E-state index contributed by atoms with van der Waals surface area (Å²) in [6.45, 7) is 3.75. The van der Waals surface area contributed by atoms with Crippen LogP contribution in [0.4, 0.5) is 0 Å². The average molecular weight is 370 g/mol. The number of phosphoric ester groups is 1. The van der Waals surface area contributed by atoms with E-state index in [1.165, 1.54) is 37.7 Å². The van der Waals surface area contributed by atoms with Gasteiger partial charge in [0, 0.05) is 22.6 Å². The quantitative estimate of drug-likeness (QED) is 0.438. The zero-order chi connectivity index (χ0) is 17.9. The first kappa shape index (κ1) is 18.2. The van der Waals surface area contributed by atoms with Crippen molar-refractivity contribution in [2.24, 2.45) is 0 Å². The molecule has 0 spiro atoms. The number of ether oxygens (including phenoxy) is 2. The number of ketones is 1. The van der Waals surface area contributed by atoms with Crippen molar-refractivity contribution in [3.05, 3.63) is 46.7 Å². The van der Waals surface area contributed by atoms with Gasteiger partial charge in [-0.05, 0) is 11.4 Å². The fraction of sp³-hybridized carbons (Fsp3) is 0.133. The Morgan fingerprint density at radius 1 is 1.21 bits per heavy atom. The average Bonchev–Trinajstić information content (AvgIpc) is 3.05. The molecule has 2 aromatic rings. The van der Waals surface area contributed by atoms with Crippen LogP contribution in [0.3, 0.4) is 0 Å². The molecule has 24 heavy (non-hydrogen) atoms. The largest absolute Gasteiger partial charge is 0.524 e. The molecule has 0 saturated heterocycles. The standard InChI is InChI=1S/C15H15O7PS/c1-9(13-5-4-6-24-13)15(16)14-11(21-3)7-10(20-2)8-12(14)22-23(17,18)19/h4-8H,1H2,2-3H3,(H2,17,18,19). The van der Waals surface area contributed by atoms with E-state index >= 15 is 0 Å². The lowest BCUT2D eigenvalue weighted by atomic mass is 10.0. The molecule has 0 aliphatic heterocycles. The van der Waals surface area contributed by atoms with E-state index in [0.717, 1.165) is 0 Å². The molecular formula is C15H15O7PS. The van der Waals surface area contributed by atoms with Gasteiger partial charge >= 0.3 is 7.82 Å². The summed E-state index contributed by atoms with van der Waals surface area (Å²) in [4.78, 5) is 31.6. The number of Topliss-reactive ketones (excluding diaryl/α,β-unsaturated/α-hetero) is 1. The molecule has 2 rings (SSSR count). The first-order chi connectivity index (χ1) is 11.3. The van der Waals surface area contributed by atoms with Crippen molar-refractivity contribution in [1.82, 2.24) is 0 Å². The minimum absolute atomic E-state index is 0.0560. The number of methoxy groups -OCH3 is 2. The third-order valence-electron chi connectivity index (χ3n) is 3.03. The summed E-state index contributed by atoms with van der Waals surface area (Å²) in [5.41, 5.74) is 0.0176. The van der Waals surface area contributed by atoms with E-state index in [4.69, 9.17) is 19.3 Å². The van der Waals surface area contributed by atoms with Crippen molar-refractivity contribution in [2.75, 3.05) is 14.2 Å². The van der Waals surface area contributed by atoms with E-state index < -0.39 is 13.6 Å². The maximum absolute atomic E-state index is 12.8. The number of carbonyl (C=O) groups is 1. The zero-order valence-electron chi connectivity index (χ0n) is 12.9. The Hall–Kier alpha value is -2.12. The lowest BCUT2D eigenvalue weighted by Gasteiger charge is -2.16. The number of hydrogen-bond donors (Lipinski definition) is 2. The predicted molar refractivity (Wildman–Crippen MR) is 89.9 cm³/mol. The highest BCUT2D eigenvalue weighted by molar-refractivity contribution is 7.46. The first-order valence-corrected chi connectivity index (χ1v) is 8.96. The number of rotatable bonds is 7. The Morgan fingerprint density at radius 2 is 1.88 bits per heavy atom. The number of allylic oxidation sites excluding steroid dienone is 1.